The van der Waals surface area contributed by atoms with Gasteiger partial charge in [-0.15, -0.1) is 0 Å². The molecule has 2 atom stereocenters. The molecule has 0 spiro atoms. The van der Waals surface area contributed by atoms with Gasteiger partial charge in [0.2, 0.25) is 0 Å². The summed E-state index contributed by atoms with van der Waals surface area (Å²) in [5, 5.41) is 19.4. The number of anilines is 2. The van der Waals surface area contributed by atoms with Gasteiger partial charge in [0.15, 0.2) is 5.75 Å². The van der Waals surface area contributed by atoms with Crippen LogP contribution in [0, 0.1) is 0 Å². The lowest BCUT2D eigenvalue weighted by Crippen LogP contribution is -2.32. The molecule has 0 radical (unpaired) electrons. The number of hydrogen-bond acceptors (Lipinski definition) is 5. The highest BCUT2D eigenvalue weighted by atomic mass is 35.5. The lowest BCUT2D eigenvalue weighted by Gasteiger charge is -2.26. The fraction of sp³-hybridized carbons (Fsp3) is 0.103. The quantitative estimate of drug-likeness (QED) is 0.249. The molecule has 5 nitrogen and oxygen atoms in total. The Bertz CT molecular complexity index is 1580. The molecule has 0 aliphatic heterocycles. The first kappa shape index (κ1) is 22.8. The Kier molecular flexibility index (Phi) is 6.12. The second-order valence-electron chi connectivity index (χ2n) is 8.57. The molecule has 35 heavy (non-hydrogen) atoms. The van der Waals surface area contributed by atoms with E-state index in [0.29, 0.717) is 10.7 Å². The summed E-state index contributed by atoms with van der Waals surface area (Å²) < 4.78 is 0. The largest absolute Gasteiger partial charge is 0.502 e. The van der Waals surface area contributed by atoms with Crippen LogP contribution in [-0.2, 0) is 0 Å². The zero-order chi connectivity index (χ0) is 24.5. The van der Waals surface area contributed by atoms with Gasteiger partial charge in [0.1, 0.15) is 5.69 Å². The van der Waals surface area contributed by atoms with Crippen molar-refractivity contribution in [3.05, 3.63) is 133 Å². The number of rotatable bonds is 7. The Balaban J connectivity index is 1.51. The van der Waals surface area contributed by atoms with Gasteiger partial charge in [0, 0.05) is 16.8 Å². The number of fused-ring (bicyclic) bond motifs is 1. The zero-order valence-corrected chi connectivity index (χ0v) is 19.7. The second kappa shape index (κ2) is 9.37. The third-order valence-corrected chi connectivity index (χ3v) is 6.54. The van der Waals surface area contributed by atoms with Gasteiger partial charge >= 0.3 is 0 Å². The summed E-state index contributed by atoms with van der Waals surface area (Å²) in [6.45, 7) is 2.13. The molecule has 2 unspecified atom stereocenters. The molecular formula is C29H23ClN2O3. The Morgan fingerprint density at radius 3 is 2.29 bits per heavy atom. The van der Waals surface area contributed by atoms with E-state index in [-0.39, 0.29) is 17.8 Å². The molecule has 5 aromatic carbocycles. The molecule has 174 valence electrons. The van der Waals surface area contributed by atoms with Crippen LogP contribution in [-0.4, -0.2) is 5.11 Å². The molecule has 0 aliphatic rings. The van der Waals surface area contributed by atoms with E-state index in [1.165, 1.54) is 16.3 Å². The Labute approximate surface area is 207 Å². The van der Waals surface area contributed by atoms with Gasteiger partial charge in [-0.05, 0) is 58.7 Å². The summed E-state index contributed by atoms with van der Waals surface area (Å²) in [6.07, 6.45) is 0. The highest BCUT2D eigenvalue weighted by molar-refractivity contribution is 6.30. The minimum absolute atomic E-state index is 0.0102. The predicted octanol–water partition coefficient (Wildman–Crippen LogP) is 5.98. The van der Waals surface area contributed by atoms with Gasteiger partial charge in [-0.3, -0.25) is 14.9 Å². The van der Waals surface area contributed by atoms with Gasteiger partial charge in [-0.25, -0.2) is 0 Å². The average molecular weight is 483 g/mol. The van der Waals surface area contributed by atoms with Crippen LogP contribution >= 0.6 is 11.6 Å². The number of benzene rings is 4. The lowest BCUT2D eigenvalue weighted by molar-refractivity contribution is 0.466. The zero-order valence-electron chi connectivity index (χ0n) is 19.0. The summed E-state index contributed by atoms with van der Waals surface area (Å²) >= 11 is 6.15. The minimum Gasteiger partial charge on any atom is -0.502 e. The molecule has 0 aliphatic carbocycles. The molecule has 6 heteroatoms. The van der Waals surface area contributed by atoms with Crippen LogP contribution in [0.15, 0.2) is 101 Å². The highest BCUT2D eigenvalue weighted by Crippen LogP contribution is 2.32. The fourth-order valence-electron chi connectivity index (χ4n) is 4.44. The molecule has 0 amide bonds. The van der Waals surface area contributed by atoms with E-state index >= 15 is 0 Å². The maximum absolute atomic E-state index is 11.8. The number of hydrogen-bond donors (Lipinski definition) is 3. The summed E-state index contributed by atoms with van der Waals surface area (Å²) in [5.74, 6) is -0.530. The molecule has 0 heterocycles. The van der Waals surface area contributed by atoms with Crippen molar-refractivity contribution >= 4 is 33.7 Å². The number of nitrogens with one attached hydrogen (secondary N) is 2. The molecule has 3 N–H and O–H groups in total. The normalized spacial score (nSPS) is 13.1. The molecule has 5 rings (SSSR count). The van der Waals surface area contributed by atoms with Crippen molar-refractivity contribution in [1.82, 2.24) is 5.32 Å². The van der Waals surface area contributed by atoms with E-state index in [1.807, 2.05) is 54.6 Å². The standard InChI is InChI=1S/C29H23ClN2O3/c1-17(23-11-5-7-18-6-2-3-10-24(18)23)31-25(19-12-14-21(30)15-13-19)20-8-4-9-22(16-20)32-26-27(33)29(35)28(26)34/h2-17,25,31-33H,1H3. The van der Waals surface area contributed by atoms with Crippen molar-refractivity contribution in [2.45, 2.75) is 19.0 Å². The van der Waals surface area contributed by atoms with E-state index in [1.54, 1.807) is 6.07 Å². The summed E-state index contributed by atoms with van der Waals surface area (Å²) in [4.78, 5) is 23.2. The highest BCUT2D eigenvalue weighted by Gasteiger charge is 2.22. The van der Waals surface area contributed by atoms with Crippen LogP contribution in [0.4, 0.5) is 11.4 Å². The predicted molar refractivity (Wildman–Crippen MR) is 142 cm³/mol. The number of halogens is 1. The van der Waals surface area contributed by atoms with Crippen LogP contribution in [0.5, 0.6) is 5.75 Å². The topological polar surface area (TPSA) is 78.4 Å². The monoisotopic (exact) mass is 482 g/mol. The van der Waals surface area contributed by atoms with Crippen molar-refractivity contribution in [2.24, 2.45) is 0 Å². The first-order valence-corrected chi connectivity index (χ1v) is 11.7. The van der Waals surface area contributed by atoms with E-state index < -0.39 is 16.6 Å². The van der Waals surface area contributed by atoms with Crippen molar-refractivity contribution in [2.75, 3.05) is 5.32 Å². The van der Waals surface area contributed by atoms with Gasteiger partial charge in [0.05, 0.1) is 6.04 Å². The molecular weight excluding hydrogens is 460 g/mol. The maximum atomic E-state index is 11.8. The molecule has 0 saturated heterocycles. The van der Waals surface area contributed by atoms with Crippen molar-refractivity contribution < 1.29 is 5.11 Å². The van der Waals surface area contributed by atoms with Crippen LogP contribution < -0.4 is 21.5 Å². The lowest BCUT2D eigenvalue weighted by atomic mass is 9.94. The van der Waals surface area contributed by atoms with Gasteiger partial charge in [-0.2, -0.15) is 0 Å². The van der Waals surface area contributed by atoms with Crippen molar-refractivity contribution in [3.63, 3.8) is 0 Å². The third-order valence-electron chi connectivity index (χ3n) is 6.28. The molecule has 0 bridgehead atoms. The van der Waals surface area contributed by atoms with Crippen LogP contribution in [0.1, 0.15) is 35.7 Å². The summed E-state index contributed by atoms with van der Waals surface area (Å²) in [7, 11) is 0. The summed E-state index contributed by atoms with van der Waals surface area (Å²) in [5.41, 5.74) is 2.09. The molecule has 0 saturated carbocycles. The van der Waals surface area contributed by atoms with Crippen molar-refractivity contribution in [1.29, 1.82) is 0 Å². The average Bonchev–Trinajstić information content (AvgIpc) is 2.90. The van der Waals surface area contributed by atoms with Crippen LogP contribution in [0.3, 0.4) is 0 Å². The number of aromatic hydroxyl groups is 1. The van der Waals surface area contributed by atoms with E-state index in [4.69, 9.17) is 11.6 Å². The molecule has 0 aromatic heterocycles. The van der Waals surface area contributed by atoms with E-state index in [0.717, 1.165) is 11.1 Å². The summed E-state index contributed by atoms with van der Waals surface area (Å²) in [6, 6.07) is 29.7. The van der Waals surface area contributed by atoms with E-state index in [2.05, 4.69) is 47.9 Å². The Morgan fingerprint density at radius 1 is 0.800 bits per heavy atom. The van der Waals surface area contributed by atoms with Gasteiger partial charge in [0.25, 0.3) is 10.9 Å². The van der Waals surface area contributed by atoms with Gasteiger partial charge in [-0.1, -0.05) is 78.3 Å². The first-order chi connectivity index (χ1) is 16.9. The SMILES string of the molecule is CC(NC(c1ccc(Cl)cc1)c1cccc(Nc2c(O)c(=O)c2=O)c1)c1cccc2ccccc12. The van der Waals surface area contributed by atoms with E-state index in [9.17, 15) is 14.7 Å². The minimum atomic E-state index is -0.867. The van der Waals surface area contributed by atoms with Crippen molar-refractivity contribution in [3.8, 4) is 5.75 Å². The smallest absolute Gasteiger partial charge is 0.271 e. The van der Waals surface area contributed by atoms with Gasteiger partial charge < -0.3 is 10.4 Å². The first-order valence-electron chi connectivity index (χ1n) is 11.3. The fourth-order valence-corrected chi connectivity index (χ4v) is 4.57. The maximum Gasteiger partial charge on any atom is 0.271 e. The third kappa shape index (κ3) is 4.44. The van der Waals surface area contributed by atoms with Crippen LogP contribution in [0.2, 0.25) is 5.02 Å². The van der Waals surface area contributed by atoms with Crippen LogP contribution in [0.25, 0.3) is 10.8 Å². The molecule has 0 fully saturated rings. The second-order valence-corrected chi connectivity index (χ2v) is 9.01. The molecule has 5 aromatic rings. The Hall–Kier alpha value is -3.93. The Morgan fingerprint density at radius 2 is 1.51 bits per heavy atom.